The molecule has 1 heterocycles. The van der Waals surface area contributed by atoms with Crippen LogP contribution in [0, 0.1) is 0 Å². The second-order valence-electron chi connectivity index (χ2n) is 7.69. The highest BCUT2D eigenvalue weighted by atomic mass is 35.5. The van der Waals surface area contributed by atoms with E-state index in [2.05, 4.69) is 10.6 Å². The molecule has 0 radical (unpaired) electrons. The van der Waals surface area contributed by atoms with Crippen molar-refractivity contribution in [2.45, 2.75) is 6.92 Å². The third-order valence-electron chi connectivity index (χ3n) is 5.24. The number of hydrogen-bond acceptors (Lipinski definition) is 6. The number of imide groups is 1. The zero-order valence-corrected chi connectivity index (χ0v) is 21.4. The van der Waals surface area contributed by atoms with E-state index < -0.39 is 17.8 Å². The lowest BCUT2D eigenvalue weighted by Crippen LogP contribution is -2.32. The number of benzene rings is 3. The van der Waals surface area contributed by atoms with E-state index in [-0.39, 0.29) is 34.5 Å². The van der Waals surface area contributed by atoms with Crippen molar-refractivity contribution in [1.82, 2.24) is 0 Å². The lowest BCUT2D eigenvalue weighted by Gasteiger charge is -2.16. The van der Waals surface area contributed by atoms with Crippen LogP contribution in [0.2, 0.25) is 10.0 Å². The zero-order valence-electron chi connectivity index (χ0n) is 19.2. The Balaban J connectivity index is 1.48. The van der Waals surface area contributed by atoms with E-state index in [0.29, 0.717) is 27.0 Å². The van der Waals surface area contributed by atoms with Crippen LogP contribution in [-0.2, 0) is 14.3 Å². The SMILES string of the molecule is CCOC(=O)c1cccc(N2C(=O)C(Cl)=C(Nc3ccc(C(=O)Nc4ccc(Cl)c(Cl)c4)cc3)C2=O)c1. The minimum Gasteiger partial charge on any atom is -0.462 e. The van der Waals surface area contributed by atoms with Crippen LogP contribution in [0.4, 0.5) is 17.1 Å². The van der Waals surface area contributed by atoms with Gasteiger partial charge in [-0.2, -0.15) is 0 Å². The molecule has 0 spiro atoms. The van der Waals surface area contributed by atoms with Gasteiger partial charge in [-0.15, -0.1) is 0 Å². The van der Waals surface area contributed by atoms with Crippen LogP contribution in [0.5, 0.6) is 0 Å². The van der Waals surface area contributed by atoms with E-state index in [1.165, 1.54) is 42.5 Å². The van der Waals surface area contributed by atoms with Gasteiger partial charge >= 0.3 is 5.97 Å². The summed E-state index contributed by atoms with van der Waals surface area (Å²) in [5.74, 6) is -2.41. The lowest BCUT2D eigenvalue weighted by molar-refractivity contribution is -0.120. The lowest BCUT2D eigenvalue weighted by atomic mass is 10.1. The molecular weight excluding hydrogens is 541 g/mol. The van der Waals surface area contributed by atoms with Gasteiger partial charge in [0.2, 0.25) is 0 Å². The number of carbonyl (C=O) groups excluding carboxylic acids is 4. The van der Waals surface area contributed by atoms with Crippen molar-refractivity contribution in [1.29, 1.82) is 0 Å². The van der Waals surface area contributed by atoms with Gasteiger partial charge in [-0.1, -0.05) is 40.9 Å². The van der Waals surface area contributed by atoms with Gasteiger partial charge in [0.05, 0.1) is 27.9 Å². The molecule has 3 amide bonds. The second kappa shape index (κ2) is 11.0. The molecule has 0 fully saturated rings. The second-order valence-corrected chi connectivity index (χ2v) is 8.88. The highest BCUT2D eigenvalue weighted by Gasteiger charge is 2.39. The van der Waals surface area contributed by atoms with Crippen LogP contribution >= 0.6 is 34.8 Å². The Bertz CT molecular complexity index is 1450. The Morgan fingerprint density at radius 2 is 1.54 bits per heavy atom. The van der Waals surface area contributed by atoms with E-state index in [1.807, 2.05) is 0 Å². The molecule has 1 aliphatic rings. The fourth-order valence-electron chi connectivity index (χ4n) is 3.46. The number of hydrogen-bond donors (Lipinski definition) is 2. The fraction of sp³-hybridized carbons (Fsp3) is 0.0769. The van der Waals surface area contributed by atoms with Gasteiger partial charge in [0, 0.05) is 16.9 Å². The first-order chi connectivity index (χ1) is 17.7. The Kier molecular flexibility index (Phi) is 7.83. The molecule has 0 saturated heterocycles. The first kappa shape index (κ1) is 26.2. The van der Waals surface area contributed by atoms with E-state index in [9.17, 15) is 19.2 Å². The summed E-state index contributed by atoms with van der Waals surface area (Å²) in [5, 5.41) is 5.91. The maximum absolute atomic E-state index is 13.1. The van der Waals surface area contributed by atoms with Crippen molar-refractivity contribution < 1.29 is 23.9 Å². The average molecular weight is 559 g/mol. The van der Waals surface area contributed by atoms with Crippen LogP contribution in [-0.4, -0.2) is 30.3 Å². The molecule has 37 heavy (non-hydrogen) atoms. The molecule has 188 valence electrons. The number of nitrogens with zero attached hydrogens (tertiary/aromatic N) is 1. The van der Waals surface area contributed by atoms with Crippen molar-refractivity contribution in [3.63, 3.8) is 0 Å². The molecule has 8 nitrogen and oxygen atoms in total. The summed E-state index contributed by atoms with van der Waals surface area (Å²) in [5.41, 5.74) is 1.45. The molecule has 0 saturated carbocycles. The minimum atomic E-state index is -0.743. The molecule has 0 aromatic heterocycles. The Morgan fingerprint density at radius 1 is 0.838 bits per heavy atom. The van der Waals surface area contributed by atoms with Gasteiger partial charge in [-0.05, 0) is 67.6 Å². The fourth-order valence-corrected chi connectivity index (χ4v) is 3.97. The molecule has 2 N–H and O–H groups in total. The first-order valence-electron chi connectivity index (χ1n) is 10.9. The van der Waals surface area contributed by atoms with E-state index in [0.717, 1.165) is 4.90 Å². The van der Waals surface area contributed by atoms with Gasteiger partial charge in [-0.25, -0.2) is 9.69 Å². The van der Waals surface area contributed by atoms with Crippen molar-refractivity contribution >= 4 is 75.6 Å². The number of halogens is 3. The largest absolute Gasteiger partial charge is 0.462 e. The zero-order chi connectivity index (χ0) is 26.7. The Labute approximate surface area is 226 Å². The number of anilines is 3. The van der Waals surface area contributed by atoms with Crippen LogP contribution < -0.4 is 15.5 Å². The smallest absolute Gasteiger partial charge is 0.338 e. The van der Waals surface area contributed by atoms with Gasteiger partial charge in [0.1, 0.15) is 10.7 Å². The number of amides is 3. The molecule has 4 rings (SSSR count). The van der Waals surface area contributed by atoms with Crippen LogP contribution in [0.1, 0.15) is 27.6 Å². The summed E-state index contributed by atoms with van der Waals surface area (Å²) in [6.45, 7) is 1.85. The van der Waals surface area contributed by atoms with Crippen molar-refractivity contribution in [2.75, 3.05) is 22.1 Å². The Hall–Kier alpha value is -3.85. The quantitative estimate of drug-likeness (QED) is 0.278. The van der Waals surface area contributed by atoms with Gasteiger partial charge in [-0.3, -0.25) is 14.4 Å². The predicted molar refractivity (Wildman–Crippen MR) is 142 cm³/mol. The molecular formula is C26H18Cl3N3O5. The number of esters is 1. The molecule has 0 bridgehead atoms. The molecule has 3 aromatic carbocycles. The highest BCUT2D eigenvalue weighted by Crippen LogP contribution is 2.31. The molecule has 1 aliphatic heterocycles. The Morgan fingerprint density at radius 3 is 2.22 bits per heavy atom. The molecule has 3 aromatic rings. The minimum absolute atomic E-state index is 0.138. The molecule has 0 aliphatic carbocycles. The van der Waals surface area contributed by atoms with Crippen molar-refractivity contribution in [2.24, 2.45) is 0 Å². The molecule has 11 heteroatoms. The number of nitrogens with one attached hydrogen (secondary N) is 2. The summed E-state index contributed by atoms with van der Waals surface area (Å²) in [4.78, 5) is 51.3. The van der Waals surface area contributed by atoms with E-state index in [4.69, 9.17) is 39.5 Å². The highest BCUT2D eigenvalue weighted by molar-refractivity contribution is 6.53. The summed E-state index contributed by atoms with van der Waals surface area (Å²) >= 11 is 18.1. The topological polar surface area (TPSA) is 105 Å². The number of rotatable bonds is 7. The van der Waals surface area contributed by atoms with Gasteiger partial charge < -0.3 is 15.4 Å². The van der Waals surface area contributed by atoms with E-state index >= 15 is 0 Å². The first-order valence-corrected chi connectivity index (χ1v) is 12.0. The number of carbonyl (C=O) groups is 4. The average Bonchev–Trinajstić information content (AvgIpc) is 3.09. The molecule has 0 atom stereocenters. The predicted octanol–water partition coefficient (Wildman–Crippen LogP) is 5.86. The van der Waals surface area contributed by atoms with Gasteiger partial charge in [0.25, 0.3) is 17.7 Å². The number of ether oxygens (including phenoxy) is 1. The standard InChI is InChI=1S/C26H18Cl3N3O5/c1-2-37-26(36)15-4-3-5-18(12-15)32-24(34)21(29)22(25(32)35)30-16-8-6-14(7-9-16)23(33)31-17-10-11-19(27)20(28)13-17/h3-13,30H,2H2,1H3,(H,31,33). The van der Waals surface area contributed by atoms with Gasteiger partial charge in [0.15, 0.2) is 0 Å². The third kappa shape index (κ3) is 5.61. The van der Waals surface area contributed by atoms with E-state index in [1.54, 1.807) is 31.2 Å². The van der Waals surface area contributed by atoms with Crippen molar-refractivity contribution in [3.8, 4) is 0 Å². The maximum Gasteiger partial charge on any atom is 0.338 e. The maximum atomic E-state index is 13.1. The summed E-state index contributed by atoms with van der Waals surface area (Å²) in [6.07, 6.45) is 0. The monoisotopic (exact) mass is 557 g/mol. The summed E-state index contributed by atoms with van der Waals surface area (Å²) in [6, 6.07) is 16.8. The third-order valence-corrected chi connectivity index (χ3v) is 6.33. The summed E-state index contributed by atoms with van der Waals surface area (Å²) in [7, 11) is 0. The van der Waals surface area contributed by atoms with Crippen LogP contribution in [0.25, 0.3) is 0 Å². The normalized spacial score (nSPS) is 13.1. The van der Waals surface area contributed by atoms with Crippen molar-refractivity contribution in [3.05, 3.63) is 98.6 Å². The van der Waals surface area contributed by atoms with Crippen LogP contribution in [0.3, 0.4) is 0 Å². The van der Waals surface area contributed by atoms with Crippen LogP contribution in [0.15, 0.2) is 77.5 Å². The molecule has 0 unspecified atom stereocenters. The summed E-state index contributed by atoms with van der Waals surface area (Å²) < 4.78 is 4.97.